The summed E-state index contributed by atoms with van der Waals surface area (Å²) in [6.45, 7) is 1.05. The molecule has 4 rings (SSSR count). The molecule has 2 aromatic carbocycles. The van der Waals surface area contributed by atoms with E-state index in [2.05, 4.69) is 10.6 Å². The first-order chi connectivity index (χ1) is 15.3. The van der Waals surface area contributed by atoms with Crippen molar-refractivity contribution in [2.45, 2.75) is 19.8 Å². The topological polar surface area (TPSA) is 84.5 Å². The Morgan fingerprint density at radius 1 is 1.12 bits per heavy atom. The lowest BCUT2D eigenvalue weighted by Gasteiger charge is -2.10. The average molecular weight is 456 g/mol. The van der Waals surface area contributed by atoms with Gasteiger partial charge in [-0.2, -0.15) is 0 Å². The van der Waals surface area contributed by atoms with E-state index in [1.807, 2.05) is 36.4 Å². The van der Waals surface area contributed by atoms with Gasteiger partial charge in [0.25, 0.3) is 6.43 Å². The highest BCUT2D eigenvalue weighted by Crippen LogP contribution is 2.34. The number of halogens is 2. The standard InChI is InChI=1S/C23H18F2N2O4S/c1-12-14-7-16-17(13-5-3-2-4-6-13)11-30-18(16)9-19(14)31-22(29)15(12)8-21(28)27-23(32)26-10-20(24)25/h2-7,9,11,20H,8,10H2,1H3,(H2,26,27,28,32). The first-order valence-corrected chi connectivity index (χ1v) is 10.1. The largest absolute Gasteiger partial charge is 0.464 e. The molecular formula is C23H18F2N2O4S. The van der Waals surface area contributed by atoms with Crippen molar-refractivity contribution in [1.29, 1.82) is 0 Å². The monoisotopic (exact) mass is 456 g/mol. The Balaban J connectivity index is 1.68. The maximum Gasteiger partial charge on any atom is 0.340 e. The number of thiocarbonyl (C=S) groups is 1. The first kappa shape index (κ1) is 21.6. The first-order valence-electron chi connectivity index (χ1n) is 9.72. The number of alkyl halides is 2. The molecule has 0 saturated heterocycles. The van der Waals surface area contributed by atoms with Gasteiger partial charge in [-0.15, -0.1) is 0 Å². The van der Waals surface area contributed by atoms with Crippen molar-refractivity contribution in [2.75, 3.05) is 6.54 Å². The van der Waals surface area contributed by atoms with Crippen LogP contribution in [0.1, 0.15) is 11.1 Å². The number of hydrogen-bond donors (Lipinski definition) is 2. The molecule has 0 radical (unpaired) electrons. The molecule has 32 heavy (non-hydrogen) atoms. The molecule has 164 valence electrons. The molecule has 6 nitrogen and oxygen atoms in total. The minimum absolute atomic E-state index is 0.163. The molecular weight excluding hydrogens is 438 g/mol. The van der Waals surface area contributed by atoms with E-state index in [0.717, 1.165) is 16.5 Å². The predicted octanol–water partition coefficient (Wildman–Crippen LogP) is 4.31. The van der Waals surface area contributed by atoms with Crippen LogP contribution in [0.2, 0.25) is 0 Å². The van der Waals surface area contributed by atoms with E-state index >= 15 is 0 Å². The second-order valence-corrected chi connectivity index (χ2v) is 7.59. The van der Waals surface area contributed by atoms with E-state index in [1.54, 1.807) is 19.3 Å². The molecule has 0 saturated carbocycles. The third kappa shape index (κ3) is 4.38. The van der Waals surface area contributed by atoms with Crippen LogP contribution in [0.3, 0.4) is 0 Å². The van der Waals surface area contributed by atoms with Gasteiger partial charge in [0.15, 0.2) is 5.11 Å². The van der Waals surface area contributed by atoms with Crippen molar-refractivity contribution in [1.82, 2.24) is 10.6 Å². The van der Waals surface area contributed by atoms with Crippen LogP contribution in [0.25, 0.3) is 33.1 Å². The summed E-state index contributed by atoms with van der Waals surface area (Å²) < 4.78 is 35.6. The van der Waals surface area contributed by atoms with Crippen molar-refractivity contribution < 1.29 is 22.4 Å². The Hall–Kier alpha value is -3.59. The molecule has 1 amide bonds. The Labute approximate surface area is 186 Å². The number of hydrogen-bond acceptors (Lipinski definition) is 5. The molecule has 4 aromatic rings. The van der Waals surface area contributed by atoms with Crippen LogP contribution in [0.5, 0.6) is 0 Å². The summed E-state index contributed by atoms with van der Waals surface area (Å²) in [6.07, 6.45) is -1.27. The van der Waals surface area contributed by atoms with Crippen LogP contribution in [0.4, 0.5) is 8.78 Å². The molecule has 2 heterocycles. The predicted molar refractivity (Wildman–Crippen MR) is 121 cm³/mol. The lowest BCUT2D eigenvalue weighted by molar-refractivity contribution is -0.119. The number of carbonyl (C=O) groups is 1. The van der Waals surface area contributed by atoms with Gasteiger partial charge in [0.05, 0.1) is 24.8 Å². The van der Waals surface area contributed by atoms with Crippen LogP contribution >= 0.6 is 12.2 Å². The molecule has 0 spiro atoms. The van der Waals surface area contributed by atoms with Gasteiger partial charge in [0.1, 0.15) is 11.2 Å². The minimum atomic E-state index is -2.61. The zero-order chi connectivity index (χ0) is 22.8. The number of amides is 1. The van der Waals surface area contributed by atoms with Gasteiger partial charge >= 0.3 is 5.63 Å². The number of benzene rings is 2. The van der Waals surface area contributed by atoms with Crippen molar-refractivity contribution in [3.63, 3.8) is 0 Å². The molecule has 2 aromatic heterocycles. The molecule has 0 unspecified atom stereocenters. The minimum Gasteiger partial charge on any atom is -0.464 e. The number of rotatable bonds is 5. The van der Waals surface area contributed by atoms with Gasteiger partial charge in [-0.1, -0.05) is 30.3 Å². The second kappa shape index (κ2) is 8.88. The van der Waals surface area contributed by atoms with E-state index in [0.29, 0.717) is 22.1 Å². The van der Waals surface area contributed by atoms with E-state index in [4.69, 9.17) is 21.1 Å². The van der Waals surface area contributed by atoms with Gasteiger partial charge in [-0.05, 0) is 36.3 Å². The normalized spacial score (nSPS) is 11.2. The fourth-order valence-electron chi connectivity index (χ4n) is 3.50. The van der Waals surface area contributed by atoms with E-state index in [9.17, 15) is 18.4 Å². The molecule has 2 N–H and O–H groups in total. The highest BCUT2D eigenvalue weighted by molar-refractivity contribution is 7.80. The maximum atomic E-state index is 12.5. The zero-order valence-corrected chi connectivity index (χ0v) is 17.7. The molecule has 0 aliphatic carbocycles. The number of aryl methyl sites for hydroxylation is 1. The lowest BCUT2D eigenvalue weighted by atomic mass is 9.99. The summed E-state index contributed by atoms with van der Waals surface area (Å²) in [4.78, 5) is 24.8. The van der Waals surface area contributed by atoms with Gasteiger partial charge in [0, 0.05) is 22.4 Å². The summed E-state index contributed by atoms with van der Waals surface area (Å²) in [5.74, 6) is -0.610. The Bertz CT molecular complexity index is 1380. The van der Waals surface area contributed by atoms with E-state index < -0.39 is 24.5 Å². The smallest absolute Gasteiger partial charge is 0.340 e. The SMILES string of the molecule is Cc1c(CC(=O)NC(=S)NCC(F)F)c(=O)oc2cc3occ(-c4ccccc4)c3cc12. The third-order valence-electron chi connectivity index (χ3n) is 5.07. The van der Waals surface area contributed by atoms with Crippen molar-refractivity contribution in [2.24, 2.45) is 0 Å². The highest BCUT2D eigenvalue weighted by atomic mass is 32.1. The number of carbonyl (C=O) groups excluding carboxylic acids is 1. The van der Waals surface area contributed by atoms with Gasteiger partial charge in [-0.25, -0.2) is 13.6 Å². The summed E-state index contributed by atoms with van der Waals surface area (Å²) in [5.41, 5.74) is 2.86. The van der Waals surface area contributed by atoms with Gasteiger partial charge in [0.2, 0.25) is 5.91 Å². The third-order valence-corrected chi connectivity index (χ3v) is 5.32. The Kier molecular flexibility index (Phi) is 6.00. The zero-order valence-electron chi connectivity index (χ0n) is 16.9. The van der Waals surface area contributed by atoms with Crippen LogP contribution in [0, 0.1) is 6.92 Å². The van der Waals surface area contributed by atoms with Gasteiger partial charge in [-0.3, -0.25) is 4.79 Å². The summed E-state index contributed by atoms with van der Waals surface area (Å²) >= 11 is 4.82. The lowest BCUT2D eigenvalue weighted by Crippen LogP contribution is -2.42. The Morgan fingerprint density at radius 3 is 2.59 bits per heavy atom. The highest BCUT2D eigenvalue weighted by Gasteiger charge is 2.18. The number of furan rings is 1. The second-order valence-electron chi connectivity index (χ2n) is 7.18. The van der Waals surface area contributed by atoms with Gasteiger partial charge < -0.3 is 19.5 Å². The van der Waals surface area contributed by atoms with Crippen molar-refractivity contribution in [3.05, 3.63) is 70.3 Å². The van der Waals surface area contributed by atoms with Crippen LogP contribution in [0.15, 0.2) is 62.4 Å². The molecule has 9 heteroatoms. The maximum absolute atomic E-state index is 12.5. The molecule has 0 fully saturated rings. The molecule has 0 aliphatic rings. The fraction of sp³-hybridized carbons (Fsp3) is 0.174. The summed E-state index contributed by atoms with van der Waals surface area (Å²) in [7, 11) is 0. The number of fused-ring (bicyclic) bond motifs is 2. The fourth-order valence-corrected chi connectivity index (χ4v) is 3.70. The van der Waals surface area contributed by atoms with Crippen molar-refractivity contribution in [3.8, 4) is 11.1 Å². The Morgan fingerprint density at radius 2 is 1.88 bits per heavy atom. The quantitative estimate of drug-likeness (QED) is 0.344. The van der Waals surface area contributed by atoms with Crippen molar-refractivity contribution >= 4 is 45.2 Å². The molecule has 0 bridgehead atoms. The van der Waals surface area contributed by atoms with Crippen LogP contribution in [-0.2, 0) is 11.2 Å². The van der Waals surface area contributed by atoms with E-state index in [1.165, 1.54) is 0 Å². The number of nitrogens with one attached hydrogen (secondary N) is 2. The molecule has 0 aliphatic heterocycles. The van der Waals surface area contributed by atoms with Crippen LogP contribution < -0.4 is 16.3 Å². The van der Waals surface area contributed by atoms with E-state index in [-0.39, 0.29) is 17.1 Å². The molecule has 0 atom stereocenters. The van der Waals surface area contributed by atoms with Crippen LogP contribution in [-0.4, -0.2) is 24.0 Å². The summed E-state index contributed by atoms with van der Waals surface area (Å²) in [6, 6.07) is 13.2. The average Bonchev–Trinajstić information content (AvgIpc) is 3.17. The summed E-state index contributed by atoms with van der Waals surface area (Å²) in [5, 5.41) is 5.80.